The van der Waals surface area contributed by atoms with Crippen molar-refractivity contribution in [2.45, 2.75) is 12.1 Å². The van der Waals surface area contributed by atoms with Gasteiger partial charge in [0, 0.05) is 0 Å². The van der Waals surface area contributed by atoms with Crippen molar-refractivity contribution in [3.8, 4) is 0 Å². The highest BCUT2D eigenvalue weighted by Crippen LogP contribution is 2.21. The van der Waals surface area contributed by atoms with Gasteiger partial charge in [0.1, 0.15) is 0 Å². The van der Waals surface area contributed by atoms with E-state index < -0.39 is 5.18 Å². The minimum absolute atomic E-state index is 0.794. The molecule has 0 unspecified atom stereocenters. The molecule has 0 saturated heterocycles. The summed E-state index contributed by atoms with van der Waals surface area (Å²) < 4.78 is 2.58. The SMILES string of the molecule is CC1=N[C@@](O)(S)NS1. The molecule has 46 valence electrons. The number of hydrogen-bond acceptors (Lipinski definition) is 5. The minimum Gasteiger partial charge on any atom is -0.348 e. The van der Waals surface area contributed by atoms with E-state index in [1.807, 2.05) is 0 Å². The molecule has 0 radical (unpaired) electrons. The van der Waals surface area contributed by atoms with Gasteiger partial charge in [0.05, 0.1) is 5.04 Å². The summed E-state index contributed by atoms with van der Waals surface area (Å²) in [5.74, 6) is 0. The van der Waals surface area contributed by atoms with E-state index in [0.29, 0.717) is 0 Å². The van der Waals surface area contributed by atoms with Gasteiger partial charge in [-0.05, 0) is 18.9 Å². The zero-order valence-corrected chi connectivity index (χ0v) is 5.96. The Hall–Kier alpha value is 0.290. The molecule has 2 N–H and O–H groups in total. The van der Waals surface area contributed by atoms with Gasteiger partial charge >= 0.3 is 0 Å². The predicted molar refractivity (Wildman–Crippen MR) is 37.8 cm³/mol. The van der Waals surface area contributed by atoms with E-state index in [2.05, 4.69) is 22.3 Å². The van der Waals surface area contributed by atoms with Crippen LogP contribution >= 0.6 is 24.6 Å². The third-order valence-electron chi connectivity index (χ3n) is 0.649. The van der Waals surface area contributed by atoms with Crippen LogP contribution in [0.3, 0.4) is 0 Å². The minimum atomic E-state index is -1.34. The first-order chi connectivity index (χ1) is 3.60. The van der Waals surface area contributed by atoms with E-state index in [0.717, 1.165) is 5.04 Å². The standard InChI is InChI=1S/C3H6N2OS2/c1-2-4-3(6,7)5-8-2/h5-7H,1H3/t3-/m1/s1. The molecule has 3 nitrogen and oxygen atoms in total. The number of thiol groups is 1. The zero-order valence-electron chi connectivity index (χ0n) is 4.25. The van der Waals surface area contributed by atoms with Crippen molar-refractivity contribution in [1.82, 2.24) is 4.72 Å². The van der Waals surface area contributed by atoms with Crippen molar-refractivity contribution in [3.05, 3.63) is 0 Å². The Bertz CT molecular complexity index is 133. The summed E-state index contributed by atoms with van der Waals surface area (Å²) in [5, 5.41) is 8.37. The summed E-state index contributed by atoms with van der Waals surface area (Å²) >= 11 is 5.02. The van der Waals surface area contributed by atoms with Gasteiger partial charge in [-0.2, -0.15) is 0 Å². The lowest BCUT2D eigenvalue weighted by molar-refractivity contribution is 0.146. The molecule has 0 aromatic heterocycles. The molecule has 1 aliphatic heterocycles. The first kappa shape index (κ1) is 6.41. The van der Waals surface area contributed by atoms with Crippen LogP contribution in [0.25, 0.3) is 0 Å². The van der Waals surface area contributed by atoms with Gasteiger partial charge in [0.15, 0.2) is 0 Å². The molecular formula is C3H6N2OS2. The van der Waals surface area contributed by atoms with E-state index in [1.165, 1.54) is 11.9 Å². The van der Waals surface area contributed by atoms with Crippen molar-refractivity contribution in [2.24, 2.45) is 4.99 Å². The van der Waals surface area contributed by atoms with Gasteiger partial charge in [-0.15, -0.1) is 12.6 Å². The Kier molecular flexibility index (Phi) is 1.53. The Morgan fingerprint density at radius 2 is 2.62 bits per heavy atom. The van der Waals surface area contributed by atoms with E-state index in [1.54, 1.807) is 6.92 Å². The average Bonchev–Trinajstić information content (AvgIpc) is 1.82. The van der Waals surface area contributed by atoms with E-state index in [4.69, 9.17) is 5.11 Å². The Morgan fingerprint density at radius 3 is 2.75 bits per heavy atom. The van der Waals surface area contributed by atoms with Gasteiger partial charge in [-0.3, -0.25) is 0 Å². The predicted octanol–water partition coefficient (Wildman–Crippen LogP) is 0.190. The van der Waals surface area contributed by atoms with Crippen LogP contribution in [0.1, 0.15) is 6.92 Å². The molecule has 0 saturated carbocycles. The third-order valence-corrected chi connectivity index (χ3v) is 1.79. The second kappa shape index (κ2) is 1.91. The molecule has 0 bridgehead atoms. The highest BCUT2D eigenvalue weighted by molar-refractivity contribution is 8.13. The lowest BCUT2D eigenvalue weighted by Gasteiger charge is -2.07. The number of aliphatic imine (C=N–C) groups is 1. The summed E-state index contributed by atoms with van der Waals surface area (Å²) in [4.78, 5) is 3.71. The second-order valence-corrected chi connectivity index (χ2v) is 3.09. The molecule has 0 amide bonds. The molecule has 1 atom stereocenters. The topological polar surface area (TPSA) is 44.6 Å². The first-order valence-corrected chi connectivity index (χ1v) is 3.32. The number of nitrogens with one attached hydrogen (secondary N) is 1. The first-order valence-electron chi connectivity index (χ1n) is 2.05. The highest BCUT2D eigenvalue weighted by Gasteiger charge is 2.25. The number of rotatable bonds is 0. The summed E-state index contributed by atoms with van der Waals surface area (Å²) in [6.45, 7) is 1.80. The maximum Gasteiger partial charge on any atom is 0.271 e. The molecule has 5 heteroatoms. The summed E-state index contributed by atoms with van der Waals surface area (Å²) in [6, 6.07) is 0. The van der Waals surface area contributed by atoms with E-state index >= 15 is 0 Å². The van der Waals surface area contributed by atoms with Crippen molar-refractivity contribution >= 4 is 29.6 Å². The van der Waals surface area contributed by atoms with Gasteiger partial charge in [0.25, 0.3) is 5.18 Å². The summed E-state index contributed by atoms with van der Waals surface area (Å²) in [7, 11) is 0. The van der Waals surface area contributed by atoms with Crippen molar-refractivity contribution in [2.75, 3.05) is 0 Å². The molecule has 1 heterocycles. The van der Waals surface area contributed by atoms with E-state index in [-0.39, 0.29) is 0 Å². The fourth-order valence-electron chi connectivity index (χ4n) is 0.408. The maximum absolute atomic E-state index is 8.91. The van der Waals surface area contributed by atoms with Crippen LogP contribution in [0.15, 0.2) is 4.99 Å². The highest BCUT2D eigenvalue weighted by atomic mass is 32.2. The third kappa shape index (κ3) is 1.38. The van der Waals surface area contributed by atoms with Crippen LogP contribution < -0.4 is 4.72 Å². The molecule has 0 aromatic rings. The number of hydrogen-bond donors (Lipinski definition) is 3. The van der Waals surface area contributed by atoms with Crippen LogP contribution in [-0.4, -0.2) is 15.3 Å². The van der Waals surface area contributed by atoms with Crippen molar-refractivity contribution in [1.29, 1.82) is 0 Å². The molecule has 0 fully saturated rings. The molecular weight excluding hydrogens is 144 g/mol. The molecule has 1 rings (SSSR count). The van der Waals surface area contributed by atoms with Crippen LogP contribution in [-0.2, 0) is 0 Å². The Balaban J connectivity index is 2.67. The van der Waals surface area contributed by atoms with Crippen LogP contribution in [0.4, 0.5) is 0 Å². The van der Waals surface area contributed by atoms with Gasteiger partial charge in [-0.25, -0.2) is 9.71 Å². The number of aliphatic hydroxyl groups is 1. The van der Waals surface area contributed by atoms with E-state index in [9.17, 15) is 0 Å². The van der Waals surface area contributed by atoms with Crippen LogP contribution in [0, 0.1) is 0 Å². The van der Waals surface area contributed by atoms with Gasteiger partial charge in [0.2, 0.25) is 0 Å². The monoisotopic (exact) mass is 150 g/mol. The lowest BCUT2D eigenvalue weighted by Crippen LogP contribution is -2.27. The Labute approximate surface area is 57.1 Å². The molecule has 0 aliphatic carbocycles. The second-order valence-electron chi connectivity index (χ2n) is 1.47. The maximum atomic E-state index is 8.91. The summed E-state index contributed by atoms with van der Waals surface area (Å²) in [6.07, 6.45) is 0. The van der Waals surface area contributed by atoms with Crippen LogP contribution in [0.2, 0.25) is 0 Å². The number of nitrogens with zero attached hydrogens (tertiary/aromatic N) is 1. The average molecular weight is 150 g/mol. The smallest absolute Gasteiger partial charge is 0.271 e. The fourth-order valence-corrected chi connectivity index (χ4v) is 1.27. The fraction of sp³-hybridized carbons (Fsp3) is 0.667. The summed E-state index contributed by atoms with van der Waals surface area (Å²) in [5.41, 5.74) is 0. The zero-order chi connectivity index (χ0) is 6.20. The van der Waals surface area contributed by atoms with Gasteiger partial charge < -0.3 is 5.11 Å². The Morgan fingerprint density at radius 1 is 2.00 bits per heavy atom. The largest absolute Gasteiger partial charge is 0.348 e. The van der Waals surface area contributed by atoms with Crippen LogP contribution in [0.5, 0.6) is 0 Å². The quantitative estimate of drug-likeness (QED) is 0.262. The van der Waals surface area contributed by atoms with Crippen molar-refractivity contribution < 1.29 is 5.11 Å². The molecule has 8 heavy (non-hydrogen) atoms. The molecule has 0 spiro atoms. The lowest BCUT2D eigenvalue weighted by atomic mass is 10.8. The van der Waals surface area contributed by atoms with Gasteiger partial charge in [-0.1, -0.05) is 0 Å². The normalized spacial score (nSPS) is 37.6. The molecule has 1 aliphatic rings. The van der Waals surface area contributed by atoms with Crippen molar-refractivity contribution in [3.63, 3.8) is 0 Å². The molecule has 0 aromatic carbocycles.